The molecule has 2 aromatic heterocycles. The Balaban J connectivity index is 2.19. The van der Waals surface area contributed by atoms with Gasteiger partial charge in [0, 0.05) is 17.3 Å². The first kappa shape index (κ1) is 8.77. The fourth-order valence-electron chi connectivity index (χ4n) is 1.08. The second-order valence-corrected chi connectivity index (χ2v) is 5.17. The van der Waals surface area contributed by atoms with E-state index in [4.69, 9.17) is 5.73 Å². The molecule has 2 aromatic rings. The molecule has 0 aliphatic rings. The normalized spacial score (nSPS) is 10.5. The number of nitrogens with two attached hydrogens (primary N) is 1. The van der Waals surface area contributed by atoms with Crippen molar-refractivity contribution in [2.75, 3.05) is 5.73 Å². The van der Waals surface area contributed by atoms with Crippen LogP contribution in [0.15, 0.2) is 28.3 Å². The maximum Gasteiger partial charge on any atom is 0.200 e. The smallest absolute Gasteiger partial charge is 0.200 e. The van der Waals surface area contributed by atoms with Gasteiger partial charge in [-0.1, -0.05) is 0 Å². The summed E-state index contributed by atoms with van der Waals surface area (Å²) in [6.45, 7) is 0.794. The van der Waals surface area contributed by atoms with Crippen LogP contribution in [0.1, 0.15) is 4.88 Å². The molecular formula is C8H8BrN3S. The zero-order chi connectivity index (χ0) is 9.26. The van der Waals surface area contributed by atoms with E-state index in [1.165, 1.54) is 4.88 Å². The summed E-state index contributed by atoms with van der Waals surface area (Å²) in [5.74, 6) is 0.560. The zero-order valence-corrected chi connectivity index (χ0v) is 9.18. The highest BCUT2D eigenvalue weighted by Crippen LogP contribution is 2.23. The SMILES string of the molecule is Nc1nccn1Cc1ccc(Br)s1. The van der Waals surface area contributed by atoms with Gasteiger partial charge in [-0.3, -0.25) is 0 Å². The van der Waals surface area contributed by atoms with E-state index in [2.05, 4.69) is 27.0 Å². The standard InChI is InChI=1S/C8H8BrN3S/c9-7-2-1-6(13-7)5-12-4-3-11-8(12)10/h1-4H,5H2,(H2,10,11). The lowest BCUT2D eigenvalue weighted by molar-refractivity contribution is 0.824. The van der Waals surface area contributed by atoms with Crippen molar-refractivity contribution in [3.63, 3.8) is 0 Å². The first-order valence-electron chi connectivity index (χ1n) is 3.76. The van der Waals surface area contributed by atoms with Crippen LogP contribution in [-0.4, -0.2) is 9.55 Å². The number of hydrogen-bond donors (Lipinski definition) is 1. The minimum Gasteiger partial charge on any atom is -0.369 e. The Bertz CT molecular complexity index is 407. The molecule has 0 amide bonds. The van der Waals surface area contributed by atoms with Gasteiger partial charge in [0.15, 0.2) is 5.95 Å². The summed E-state index contributed by atoms with van der Waals surface area (Å²) >= 11 is 5.12. The average Bonchev–Trinajstić information content (AvgIpc) is 2.64. The molecule has 0 aliphatic heterocycles. The molecule has 0 fully saturated rings. The highest BCUT2D eigenvalue weighted by atomic mass is 79.9. The summed E-state index contributed by atoms with van der Waals surface area (Å²) < 4.78 is 3.05. The number of halogens is 1. The van der Waals surface area contributed by atoms with E-state index >= 15 is 0 Å². The molecule has 5 heteroatoms. The molecule has 3 nitrogen and oxygen atoms in total. The molecule has 0 radical (unpaired) electrons. The zero-order valence-electron chi connectivity index (χ0n) is 6.77. The van der Waals surface area contributed by atoms with Gasteiger partial charge >= 0.3 is 0 Å². The van der Waals surface area contributed by atoms with E-state index in [0.717, 1.165) is 10.3 Å². The van der Waals surface area contributed by atoms with E-state index in [0.29, 0.717) is 5.95 Å². The second-order valence-electron chi connectivity index (χ2n) is 2.62. The molecule has 0 aromatic carbocycles. The summed E-state index contributed by atoms with van der Waals surface area (Å²) in [6, 6.07) is 4.11. The largest absolute Gasteiger partial charge is 0.369 e. The van der Waals surface area contributed by atoms with Crippen LogP contribution in [0.25, 0.3) is 0 Å². The third kappa shape index (κ3) is 1.92. The maximum atomic E-state index is 5.64. The first-order chi connectivity index (χ1) is 6.25. The Morgan fingerprint density at radius 3 is 2.92 bits per heavy atom. The van der Waals surface area contributed by atoms with Gasteiger partial charge in [-0.15, -0.1) is 11.3 Å². The van der Waals surface area contributed by atoms with Gasteiger partial charge < -0.3 is 10.3 Å². The highest BCUT2D eigenvalue weighted by Gasteiger charge is 2.01. The predicted molar refractivity (Wildman–Crippen MR) is 57.8 cm³/mol. The molecular weight excluding hydrogens is 250 g/mol. The molecule has 0 saturated carbocycles. The van der Waals surface area contributed by atoms with Crippen molar-refractivity contribution >= 4 is 33.2 Å². The number of nitrogens with zero attached hydrogens (tertiary/aromatic N) is 2. The number of hydrogen-bond acceptors (Lipinski definition) is 3. The molecule has 2 heterocycles. The lowest BCUT2D eigenvalue weighted by Gasteiger charge is -2.00. The first-order valence-corrected chi connectivity index (χ1v) is 5.37. The molecule has 2 N–H and O–H groups in total. The number of anilines is 1. The summed E-state index contributed by atoms with van der Waals surface area (Å²) in [4.78, 5) is 5.21. The van der Waals surface area contributed by atoms with Gasteiger partial charge in [0.1, 0.15) is 0 Å². The summed E-state index contributed by atoms with van der Waals surface area (Å²) in [5, 5.41) is 0. The van der Waals surface area contributed by atoms with Crippen LogP contribution < -0.4 is 5.73 Å². The van der Waals surface area contributed by atoms with Crippen LogP contribution in [0.2, 0.25) is 0 Å². The number of imidazole rings is 1. The van der Waals surface area contributed by atoms with E-state index in [1.54, 1.807) is 17.5 Å². The van der Waals surface area contributed by atoms with Crippen molar-refractivity contribution in [3.8, 4) is 0 Å². The lowest BCUT2D eigenvalue weighted by atomic mass is 10.4. The Morgan fingerprint density at radius 1 is 1.54 bits per heavy atom. The molecule has 13 heavy (non-hydrogen) atoms. The number of rotatable bonds is 2. The predicted octanol–water partition coefficient (Wildman–Crippen LogP) is 2.34. The fourth-order valence-corrected chi connectivity index (χ4v) is 2.56. The summed E-state index contributed by atoms with van der Waals surface area (Å²) in [5.41, 5.74) is 5.64. The van der Waals surface area contributed by atoms with Crippen molar-refractivity contribution in [3.05, 3.63) is 33.2 Å². The topological polar surface area (TPSA) is 43.8 Å². The molecule has 0 unspecified atom stereocenters. The minimum absolute atomic E-state index is 0.560. The third-order valence-electron chi connectivity index (χ3n) is 1.70. The van der Waals surface area contributed by atoms with Crippen molar-refractivity contribution in [1.29, 1.82) is 0 Å². The maximum absolute atomic E-state index is 5.64. The van der Waals surface area contributed by atoms with Crippen molar-refractivity contribution in [1.82, 2.24) is 9.55 Å². The third-order valence-corrected chi connectivity index (χ3v) is 3.31. The Kier molecular flexibility index (Phi) is 2.37. The molecule has 0 aliphatic carbocycles. The van der Waals surface area contributed by atoms with E-state index < -0.39 is 0 Å². The van der Waals surface area contributed by atoms with Crippen LogP contribution in [0.4, 0.5) is 5.95 Å². The average molecular weight is 258 g/mol. The molecule has 0 atom stereocenters. The van der Waals surface area contributed by atoms with Crippen LogP contribution in [0, 0.1) is 0 Å². The minimum atomic E-state index is 0.560. The van der Waals surface area contributed by atoms with Gasteiger partial charge in [-0.25, -0.2) is 4.98 Å². The van der Waals surface area contributed by atoms with Crippen molar-refractivity contribution in [2.24, 2.45) is 0 Å². The van der Waals surface area contributed by atoms with Crippen LogP contribution >= 0.6 is 27.3 Å². The number of thiophene rings is 1. The van der Waals surface area contributed by atoms with E-state index in [1.807, 2.05) is 16.8 Å². The van der Waals surface area contributed by atoms with Crippen LogP contribution in [0.5, 0.6) is 0 Å². The summed E-state index contributed by atoms with van der Waals surface area (Å²) in [7, 11) is 0. The number of aromatic nitrogens is 2. The van der Waals surface area contributed by atoms with Gasteiger partial charge in [-0.2, -0.15) is 0 Å². The van der Waals surface area contributed by atoms with Crippen LogP contribution in [-0.2, 0) is 6.54 Å². The van der Waals surface area contributed by atoms with Gasteiger partial charge in [-0.05, 0) is 28.1 Å². The lowest BCUT2D eigenvalue weighted by Crippen LogP contribution is -2.01. The number of nitrogen functional groups attached to an aromatic ring is 1. The molecule has 2 rings (SSSR count). The van der Waals surface area contributed by atoms with Gasteiger partial charge in [0.2, 0.25) is 0 Å². The molecule has 0 spiro atoms. The van der Waals surface area contributed by atoms with Gasteiger partial charge in [0.25, 0.3) is 0 Å². The monoisotopic (exact) mass is 257 g/mol. The molecule has 0 bridgehead atoms. The summed E-state index contributed by atoms with van der Waals surface area (Å²) in [6.07, 6.45) is 3.58. The van der Waals surface area contributed by atoms with E-state index in [-0.39, 0.29) is 0 Å². The van der Waals surface area contributed by atoms with Crippen LogP contribution in [0.3, 0.4) is 0 Å². The Hall–Kier alpha value is -0.810. The molecule has 0 saturated heterocycles. The second kappa shape index (κ2) is 3.51. The van der Waals surface area contributed by atoms with Gasteiger partial charge in [0.05, 0.1) is 10.3 Å². The highest BCUT2D eigenvalue weighted by molar-refractivity contribution is 9.11. The van der Waals surface area contributed by atoms with Crippen molar-refractivity contribution in [2.45, 2.75) is 6.54 Å². The van der Waals surface area contributed by atoms with Crippen molar-refractivity contribution < 1.29 is 0 Å². The van der Waals surface area contributed by atoms with E-state index in [9.17, 15) is 0 Å². The fraction of sp³-hybridized carbons (Fsp3) is 0.125. The Labute approximate surface area is 88.3 Å². The molecule has 68 valence electrons. The quantitative estimate of drug-likeness (QED) is 0.898. The Morgan fingerprint density at radius 2 is 2.38 bits per heavy atom.